The van der Waals surface area contributed by atoms with Crippen LogP contribution in [0.3, 0.4) is 0 Å². The lowest BCUT2D eigenvalue weighted by Gasteiger charge is -2.09. The highest BCUT2D eigenvalue weighted by atomic mass is 16.4. The lowest BCUT2D eigenvalue weighted by Crippen LogP contribution is -2.28. The van der Waals surface area contributed by atoms with E-state index in [9.17, 15) is 9.59 Å². The maximum absolute atomic E-state index is 11.8. The standard InChI is InChI=1S/C12H13N3O3/c1-7-6-13-12(18-7)8(2)14-11(17)9-4-3-5-10(16)15-9/h3-6,8H,1-2H3,(H,14,17)(H,15,16). The fourth-order valence-electron chi connectivity index (χ4n) is 1.49. The van der Waals surface area contributed by atoms with Crippen molar-refractivity contribution in [1.82, 2.24) is 15.3 Å². The first kappa shape index (κ1) is 12.1. The van der Waals surface area contributed by atoms with Crippen molar-refractivity contribution in [1.29, 1.82) is 0 Å². The first-order valence-corrected chi connectivity index (χ1v) is 5.49. The van der Waals surface area contributed by atoms with E-state index in [-0.39, 0.29) is 23.2 Å². The number of amides is 1. The number of H-pyrrole nitrogens is 1. The third kappa shape index (κ3) is 2.65. The summed E-state index contributed by atoms with van der Waals surface area (Å²) in [4.78, 5) is 29.4. The van der Waals surface area contributed by atoms with Gasteiger partial charge in [0.05, 0.1) is 6.20 Å². The molecule has 0 radical (unpaired) electrons. The molecule has 6 nitrogen and oxygen atoms in total. The monoisotopic (exact) mass is 247 g/mol. The van der Waals surface area contributed by atoms with Crippen LogP contribution in [0.25, 0.3) is 0 Å². The number of nitrogens with zero attached hydrogens (tertiary/aromatic N) is 1. The molecule has 0 aromatic carbocycles. The van der Waals surface area contributed by atoms with Gasteiger partial charge in [0.25, 0.3) is 5.91 Å². The van der Waals surface area contributed by atoms with Crippen molar-refractivity contribution < 1.29 is 9.21 Å². The van der Waals surface area contributed by atoms with Crippen LogP contribution in [0.15, 0.2) is 33.6 Å². The van der Waals surface area contributed by atoms with Gasteiger partial charge in [-0.15, -0.1) is 0 Å². The van der Waals surface area contributed by atoms with E-state index in [4.69, 9.17) is 4.42 Å². The van der Waals surface area contributed by atoms with Gasteiger partial charge in [0.1, 0.15) is 17.5 Å². The van der Waals surface area contributed by atoms with Gasteiger partial charge in [-0.25, -0.2) is 4.98 Å². The van der Waals surface area contributed by atoms with Gasteiger partial charge in [-0.2, -0.15) is 0 Å². The molecule has 2 aromatic heterocycles. The highest BCUT2D eigenvalue weighted by Gasteiger charge is 2.15. The number of aromatic amines is 1. The maximum atomic E-state index is 11.8. The molecule has 2 heterocycles. The quantitative estimate of drug-likeness (QED) is 0.851. The number of carbonyl (C=O) groups is 1. The number of rotatable bonds is 3. The maximum Gasteiger partial charge on any atom is 0.268 e. The summed E-state index contributed by atoms with van der Waals surface area (Å²) < 4.78 is 5.31. The van der Waals surface area contributed by atoms with Crippen LogP contribution in [0.5, 0.6) is 0 Å². The summed E-state index contributed by atoms with van der Waals surface area (Å²) in [6, 6.07) is 4.03. The van der Waals surface area contributed by atoms with Gasteiger partial charge in [-0.1, -0.05) is 6.07 Å². The zero-order chi connectivity index (χ0) is 13.1. The Hall–Kier alpha value is -2.37. The number of aryl methyl sites for hydroxylation is 1. The Morgan fingerprint density at radius 3 is 2.89 bits per heavy atom. The molecule has 0 aliphatic rings. The lowest BCUT2D eigenvalue weighted by molar-refractivity contribution is 0.0928. The molecule has 0 aliphatic heterocycles. The van der Waals surface area contributed by atoms with Gasteiger partial charge in [0.15, 0.2) is 0 Å². The Bertz CT molecular complexity index is 615. The molecule has 1 atom stereocenters. The van der Waals surface area contributed by atoms with Gasteiger partial charge < -0.3 is 14.7 Å². The molecule has 1 amide bonds. The van der Waals surface area contributed by atoms with Crippen molar-refractivity contribution in [3.05, 3.63) is 52.1 Å². The molecule has 94 valence electrons. The molecular formula is C12H13N3O3. The molecule has 0 fully saturated rings. The Morgan fingerprint density at radius 1 is 1.50 bits per heavy atom. The minimum atomic E-state index is -0.379. The van der Waals surface area contributed by atoms with E-state index in [1.807, 2.05) is 0 Å². The Balaban J connectivity index is 2.10. The van der Waals surface area contributed by atoms with Crippen LogP contribution < -0.4 is 10.9 Å². The minimum absolute atomic E-state index is 0.206. The first-order valence-electron chi connectivity index (χ1n) is 5.49. The second-order valence-corrected chi connectivity index (χ2v) is 3.93. The molecule has 1 unspecified atom stereocenters. The predicted molar refractivity (Wildman–Crippen MR) is 64.2 cm³/mol. The first-order chi connectivity index (χ1) is 8.56. The van der Waals surface area contributed by atoms with E-state index >= 15 is 0 Å². The minimum Gasteiger partial charge on any atom is -0.444 e. The molecule has 2 aromatic rings. The normalized spacial score (nSPS) is 12.1. The van der Waals surface area contributed by atoms with Crippen LogP contribution in [-0.4, -0.2) is 15.9 Å². The smallest absolute Gasteiger partial charge is 0.268 e. The van der Waals surface area contributed by atoms with Crippen LogP contribution in [0.2, 0.25) is 0 Å². The summed E-state index contributed by atoms with van der Waals surface area (Å²) in [5.74, 6) is 0.731. The van der Waals surface area contributed by atoms with Crippen molar-refractivity contribution in [3.63, 3.8) is 0 Å². The fourth-order valence-corrected chi connectivity index (χ4v) is 1.49. The van der Waals surface area contributed by atoms with E-state index < -0.39 is 0 Å². The number of oxazole rings is 1. The third-order valence-electron chi connectivity index (χ3n) is 2.37. The van der Waals surface area contributed by atoms with E-state index in [1.54, 1.807) is 20.0 Å². The number of hydrogen-bond donors (Lipinski definition) is 2. The largest absolute Gasteiger partial charge is 0.444 e. The molecule has 0 spiro atoms. The molecule has 0 bridgehead atoms. The van der Waals surface area contributed by atoms with E-state index in [2.05, 4.69) is 15.3 Å². The predicted octanol–water partition coefficient (Wildman–Crippen LogP) is 1.16. The van der Waals surface area contributed by atoms with Crippen LogP contribution >= 0.6 is 0 Å². The van der Waals surface area contributed by atoms with Crippen molar-refractivity contribution in [2.75, 3.05) is 0 Å². The zero-order valence-corrected chi connectivity index (χ0v) is 10.1. The molecule has 0 aliphatic carbocycles. The van der Waals surface area contributed by atoms with Crippen molar-refractivity contribution in [2.45, 2.75) is 19.9 Å². The van der Waals surface area contributed by atoms with Gasteiger partial charge >= 0.3 is 0 Å². The third-order valence-corrected chi connectivity index (χ3v) is 2.37. The average Bonchev–Trinajstić information content (AvgIpc) is 2.76. The summed E-state index contributed by atoms with van der Waals surface area (Å²) in [5.41, 5.74) is -0.111. The molecule has 2 N–H and O–H groups in total. The van der Waals surface area contributed by atoms with Crippen LogP contribution in [0.4, 0.5) is 0 Å². The van der Waals surface area contributed by atoms with Crippen LogP contribution in [-0.2, 0) is 0 Å². The molecule has 0 saturated carbocycles. The highest BCUT2D eigenvalue weighted by molar-refractivity contribution is 5.92. The molecule has 6 heteroatoms. The number of hydrogen-bond acceptors (Lipinski definition) is 4. The SMILES string of the molecule is Cc1cnc(C(C)NC(=O)c2cccc(=O)[nH]2)o1. The molecular weight excluding hydrogens is 234 g/mol. The van der Waals surface area contributed by atoms with Crippen LogP contribution in [0, 0.1) is 6.92 Å². The second kappa shape index (κ2) is 4.87. The number of carbonyl (C=O) groups excluding carboxylic acids is 1. The summed E-state index contributed by atoms with van der Waals surface area (Å²) in [5, 5.41) is 2.69. The molecule has 2 rings (SSSR count). The Morgan fingerprint density at radius 2 is 2.28 bits per heavy atom. The van der Waals surface area contributed by atoms with Crippen molar-refractivity contribution in [3.8, 4) is 0 Å². The summed E-state index contributed by atoms with van der Waals surface area (Å²) >= 11 is 0. The van der Waals surface area contributed by atoms with E-state index in [0.29, 0.717) is 11.7 Å². The van der Waals surface area contributed by atoms with E-state index in [0.717, 1.165) is 0 Å². The summed E-state index contributed by atoms with van der Waals surface area (Å²) in [6.45, 7) is 3.53. The summed E-state index contributed by atoms with van der Waals surface area (Å²) in [6.07, 6.45) is 1.59. The highest BCUT2D eigenvalue weighted by Crippen LogP contribution is 2.12. The zero-order valence-electron chi connectivity index (χ0n) is 10.1. The van der Waals surface area contributed by atoms with Gasteiger partial charge in [-0.3, -0.25) is 9.59 Å². The molecule has 0 saturated heterocycles. The topological polar surface area (TPSA) is 88.0 Å². The van der Waals surface area contributed by atoms with Crippen LogP contribution in [0.1, 0.15) is 35.1 Å². The van der Waals surface area contributed by atoms with E-state index in [1.165, 1.54) is 18.2 Å². The summed E-state index contributed by atoms with van der Waals surface area (Å²) in [7, 11) is 0. The number of nitrogens with one attached hydrogen (secondary N) is 2. The number of pyridine rings is 1. The Labute approximate surface area is 103 Å². The van der Waals surface area contributed by atoms with Crippen molar-refractivity contribution in [2.24, 2.45) is 0 Å². The second-order valence-electron chi connectivity index (χ2n) is 3.93. The van der Waals surface area contributed by atoms with Gasteiger partial charge in [-0.05, 0) is 19.9 Å². The fraction of sp³-hybridized carbons (Fsp3) is 0.250. The van der Waals surface area contributed by atoms with Gasteiger partial charge in [0, 0.05) is 6.07 Å². The van der Waals surface area contributed by atoms with Crippen molar-refractivity contribution >= 4 is 5.91 Å². The molecule has 18 heavy (non-hydrogen) atoms. The Kier molecular flexibility index (Phi) is 3.27. The lowest BCUT2D eigenvalue weighted by atomic mass is 10.3. The average molecular weight is 247 g/mol. The number of aromatic nitrogens is 2. The van der Waals surface area contributed by atoms with Gasteiger partial charge in [0.2, 0.25) is 11.4 Å².